The Labute approximate surface area is 123 Å². The SMILES string of the molecule is Clc1ccccc1Cc1noc(CCC2CCNC2)n1. The Hall–Kier alpha value is -1.39. The van der Waals surface area contributed by atoms with Gasteiger partial charge in [-0.25, -0.2) is 0 Å². The van der Waals surface area contributed by atoms with Crippen molar-refractivity contribution in [1.29, 1.82) is 0 Å². The van der Waals surface area contributed by atoms with Crippen LogP contribution in [0.1, 0.15) is 30.1 Å². The highest BCUT2D eigenvalue weighted by molar-refractivity contribution is 6.31. The van der Waals surface area contributed by atoms with Crippen molar-refractivity contribution in [3.05, 3.63) is 46.6 Å². The molecule has 0 spiro atoms. The fourth-order valence-electron chi connectivity index (χ4n) is 2.56. The van der Waals surface area contributed by atoms with E-state index in [-0.39, 0.29) is 0 Å². The predicted molar refractivity (Wildman–Crippen MR) is 77.9 cm³/mol. The monoisotopic (exact) mass is 291 g/mol. The molecule has 2 aromatic rings. The van der Waals surface area contributed by atoms with Crippen LogP contribution in [0.3, 0.4) is 0 Å². The van der Waals surface area contributed by atoms with Gasteiger partial charge in [0.2, 0.25) is 5.89 Å². The standard InChI is InChI=1S/C15H18ClN3O/c16-13-4-2-1-3-12(13)9-14-18-15(20-19-14)6-5-11-7-8-17-10-11/h1-4,11,17H,5-10H2. The summed E-state index contributed by atoms with van der Waals surface area (Å²) in [5.74, 6) is 2.19. The van der Waals surface area contributed by atoms with E-state index in [1.807, 2.05) is 24.3 Å². The van der Waals surface area contributed by atoms with E-state index in [4.69, 9.17) is 16.1 Å². The van der Waals surface area contributed by atoms with Gasteiger partial charge in [0.05, 0.1) is 0 Å². The summed E-state index contributed by atoms with van der Waals surface area (Å²) in [5, 5.41) is 8.16. The topological polar surface area (TPSA) is 51.0 Å². The molecule has 0 aliphatic carbocycles. The lowest BCUT2D eigenvalue weighted by atomic mass is 10.0. The molecule has 20 heavy (non-hydrogen) atoms. The van der Waals surface area contributed by atoms with Crippen molar-refractivity contribution in [2.75, 3.05) is 13.1 Å². The third-order valence-corrected chi connectivity index (χ3v) is 4.11. The first kappa shape index (κ1) is 13.6. The summed E-state index contributed by atoms with van der Waals surface area (Å²) >= 11 is 6.14. The van der Waals surface area contributed by atoms with E-state index in [2.05, 4.69) is 15.5 Å². The van der Waals surface area contributed by atoms with E-state index in [0.29, 0.717) is 12.2 Å². The highest BCUT2D eigenvalue weighted by Gasteiger charge is 2.16. The van der Waals surface area contributed by atoms with Crippen LogP contribution in [0.4, 0.5) is 0 Å². The van der Waals surface area contributed by atoms with Gasteiger partial charge in [-0.1, -0.05) is 35.0 Å². The summed E-state index contributed by atoms with van der Waals surface area (Å²) in [6, 6.07) is 7.76. The van der Waals surface area contributed by atoms with E-state index in [1.54, 1.807) is 0 Å². The van der Waals surface area contributed by atoms with Gasteiger partial charge in [-0.2, -0.15) is 4.98 Å². The fourth-order valence-corrected chi connectivity index (χ4v) is 2.77. The fraction of sp³-hybridized carbons (Fsp3) is 0.467. The second kappa shape index (κ2) is 6.37. The van der Waals surface area contributed by atoms with E-state index in [9.17, 15) is 0 Å². The Balaban J connectivity index is 1.57. The van der Waals surface area contributed by atoms with Gasteiger partial charge in [-0.15, -0.1) is 0 Å². The molecule has 1 N–H and O–H groups in total. The molecule has 5 heteroatoms. The Bertz CT molecular complexity index is 564. The zero-order valence-electron chi connectivity index (χ0n) is 11.3. The van der Waals surface area contributed by atoms with Crippen LogP contribution >= 0.6 is 11.6 Å². The minimum Gasteiger partial charge on any atom is -0.339 e. The van der Waals surface area contributed by atoms with Gasteiger partial charge in [0, 0.05) is 17.9 Å². The molecule has 1 aliphatic heterocycles. The lowest BCUT2D eigenvalue weighted by Gasteiger charge is -2.04. The number of hydrogen-bond donors (Lipinski definition) is 1. The first-order valence-corrected chi connectivity index (χ1v) is 7.44. The van der Waals surface area contributed by atoms with Crippen molar-refractivity contribution in [1.82, 2.24) is 15.5 Å². The van der Waals surface area contributed by atoms with Crippen LogP contribution in [0.2, 0.25) is 5.02 Å². The van der Waals surface area contributed by atoms with E-state index >= 15 is 0 Å². The molecule has 1 atom stereocenters. The first-order valence-electron chi connectivity index (χ1n) is 7.07. The highest BCUT2D eigenvalue weighted by atomic mass is 35.5. The van der Waals surface area contributed by atoms with Gasteiger partial charge < -0.3 is 9.84 Å². The molecule has 0 bridgehead atoms. The van der Waals surface area contributed by atoms with Gasteiger partial charge >= 0.3 is 0 Å². The Morgan fingerprint density at radius 2 is 2.25 bits per heavy atom. The van der Waals surface area contributed by atoms with Gasteiger partial charge in [0.1, 0.15) is 0 Å². The number of nitrogens with zero attached hydrogens (tertiary/aromatic N) is 2. The second-order valence-electron chi connectivity index (χ2n) is 5.27. The molecule has 106 valence electrons. The maximum absolute atomic E-state index is 6.14. The van der Waals surface area contributed by atoms with Crippen molar-refractivity contribution in [3.63, 3.8) is 0 Å². The molecular weight excluding hydrogens is 274 g/mol. The number of halogens is 1. The Kier molecular flexibility index (Phi) is 4.33. The van der Waals surface area contributed by atoms with Gasteiger partial charge in [0.15, 0.2) is 5.82 Å². The smallest absolute Gasteiger partial charge is 0.226 e. The zero-order chi connectivity index (χ0) is 13.8. The quantitative estimate of drug-likeness (QED) is 0.920. The van der Waals surface area contributed by atoms with Crippen LogP contribution in [0.15, 0.2) is 28.8 Å². The predicted octanol–water partition coefficient (Wildman–Crippen LogP) is 2.86. The van der Waals surface area contributed by atoms with Crippen LogP contribution in [0.25, 0.3) is 0 Å². The lowest BCUT2D eigenvalue weighted by Crippen LogP contribution is -2.09. The van der Waals surface area contributed by atoms with Crippen molar-refractivity contribution in [3.8, 4) is 0 Å². The highest BCUT2D eigenvalue weighted by Crippen LogP contribution is 2.19. The van der Waals surface area contributed by atoms with Gasteiger partial charge in [0.25, 0.3) is 0 Å². The minimum absolute atomic E-state index is 0.619. The average molecular weight is 292 g/mol. The second-order valence-corrected chi connectivity index (χ2v) is 5.68. The molecule has 1 fully saturated rings. The summed E-state index contributed by atoms with van der Waals surface area (Å²) in [7, 11) is 0. The number of aryl methyl sites for hydroxylation is 1. The maximum atomic E-state index is 6.14. The zero-order valence-corrected chi connectivity index (χ0v) is 12.1. The number of nitrogens with one attached hydrogen (secondary N) is 1. The van der Waals surface area contributed by atoms with Crippen LogP contribution in [0, 0.1) is 5.92 Å². The van der Waals surface area contributed by atoms with E-state index in [0.717, 1.165) is 48.3 Å². The van der Waals surface area contributed by atoms with Crippen LogP contribution in [-0.4, -0.2) is 23.2 Å². The Morgan fingerprint density at radius 1 is 1.35 bits per heavy atom. The third kappa shape index (κ3) is 3.38. The van der Waals surface area contributed by atoms with Crippen LogP contribution in [0.5, 0.6) is 0 Å². The number of hydrogen-bond acceptors (Lipinski definition) is 4. The molecule has 0 saturated carbocycles. The average Bonchev–Trinajstić information content (AvgIpc) is 3.10. The van der Waals surface area contributed by atoms with Gasteiger partial charge in [-0.05, 0) is 43.5 Å². The number of rotatable bonds is 5. The first-order chi connectivity index (χ1) is 9.81. The summed E-state index contributed by atoms with van der Waals surface area (Å²) < 4.78 is 5.31. The molecule has 1 saturated heterocycles. The molecule has 0 amide bonds. The van der Waals surface area contributed by atoms with Crippen molar-refractivity contribution in [2.45, 2.75) is 25.7 Å². The summed E-state index contributed by atoms with van der Waals surface area (Å²) in [6.45, 7) is 2.24. The molecule has 0 radical (unpaired) electrons. The molecule has 1 aliphatic rings. The Morgan fingerprint density at radius 3 is 3.05 bits per heavy atom. The molecule has 2 heterocycles. The van der Waals surface area contributed by atoms with Crippen LogP contribution in [-0.2, 0) is 12.8 Å². The number of aromatic nitrogens is 2. The summed E-state index contributed by atoms with van der Waals surface area (Å²) in [5.41, 5.74) is 1.03. The molecule has 1 aromatic heterocycles. The van der Waals surface area contributed by atoms with Crippen molar-refractivity contribution in [2.24, 2.45) is 5.92 Å². The van der Waals surface area contributed by atoms with E-state index in [1.165, 1.54) is 6.42 Å². The summed E-state index contributed by atoms with van der Waals surface area (Å²) in [6.07, 6.45) is 3.84. The maximum Gasteiger partial charge on any atom is 0.226 e. The minimum atomic E-state index is 0.619. The van der Waals surface area contributed by atoms with Crippen molar-refractivity contribution < 1.29 is 4.52 Å². The largest absolute Gasteiger partial charge is 0.339 e. The number of benzene rings is 1. The molecule has 1 aromatic carbocycles. The van der Waals surface area contributed by atoms with Crippen molar-refractivity contribution >= 4 is 11.6 Å². The molecular formula is C15H18ClN3O. The third-order valence-electron chi connectivity index (χ3n) is 3.75. The lowest BCUT2D eigenvalue weighted by molar-refractivity contribution is 0.361. The van der Waals surface area contributed by atoms with E-state index < -0.39 is 0 Å². The molecule has 4 nitrogen and oxygen atoms in total. The normalized spacial score (nSPS) is 18.6. The summed E-state index contributed by atoms with van der Waals surface area (Å²) in [4.78, 5) is 4.45. The molecule has 1 unspecified atom stereocenters. The van der Waals surface area contributed by atoms with Gasteiger partial charge in [-0.3, -0.25) is 0 Å². The molecule has 3 rings (SSSR count). The van der Waals surface area contributed by atoms with Crippen LogP contribution < -0.4 is 5.32 Å².